The van der Waals surface area contributed by atoms with E-state index in [1.165, 1.54) is 10.4 Å². The van der Waals surface area contributed by atoms with Crippen LogP contribution in [0, 0.1) is 0 Å². The zero-order valence-electron chi connectivity index (χ0n) is 12.2. The van der Waals surface area contributed by atoms with Crippen LogP contribution in [0.15, 0.2) is 51.4 Å². The molecule has 0 saturated carbocycles. The molecule has 0 amide bonds. The minimum absolute atomic E-state index is 0.902. The first-order chi connectivity index (χ1) is 10.8. The van der Waals surface area contributed by atoms with Crippen molar-refractivity contribution in [2.75, 3.05) is 0 Å². The molecule has 22 heavy (non-hydrogen) atoms. The fourth-order valence-electron chi connectivity index (χ4n) is 2.14. The summed E-state index contributed by atoms with van der Waals surface area (Å²) in [6.07, 6.45) is 1.07. The normalized spacial score (nSPS) is 11.0. The third-order valence-corrected chi connectivity index (χ3v) is 5.62. The largest absolute Gasteiger partial charge is 0.301 e. The van der Waals surface area contributed by atoms with Crippen LogP contribution in [-0.2, 0) is 12.3 Å². The molecule has 0 aliphatic heterocycles. The molecule has 2 aromatic heterocycles. The second-order valence-electron chi connectivity index (χ2n) is 4.85. The van der Waals surface area contributed by atoms with E-state index in [4.69, 9.17) is 0 Å². The first-order valence-electron chi connectivity index (χ1n) is 7.12. The summed E-state index contributed by atoms with van der Waals surface area (Å²) in [7, 11) is 0. The number of nitrogens with zero attached hydrogens (tertiary/aromatic N) is 3. The number of thiophene rings is 1. The molecule has 3 aromatic rings. The van der Waals surface area contributed by atoms with Crippen molar-refractivity contribution in [2.45, 2.75) is 30.8 Å². The van der Waals surface area contributed by atoms with Gasteiger partial charge in [0.05, 0.1) is 4.88 Å². The topological polar surface area (TPSA) is 30.7 Å². The maximum absolute atomic E-state index is 4.40. The molecular weight excluding hydrogens is 378 g/mol. The fraction of sp³-hybridized carbons (Fsp3) is 0.250. The van der Waals surface area contributed by atoms with E-state index in [9.17, 15) is 0 Å². The summed E-state index contributed by atoms with van der Waals surface area (Å²) in [5.41, 5.74) is 1.29. The summed E-state index contributed by atoms with van der Waals surface area (Å²) in [5, 5.41) is 11.9. The Kier molecular flexibility index (Phi) is 5.33. The van der Waals surface area contributed by atoms with Crippen LogP contribution in [0.2, 0.25) is 0 Å². The van der Waals surface area contributed by atoms with Gasteiger partial charge in [-0.1, -0.05) is 52.8 Å². The molecule has 0 radical (unpaired) electrons. The van der Waals surface area contributed by atoms with Crippen LogP contribution in [0.3, 0.4) is 0 Å². The van der Waals surface area contributed by atoms with Gasteiger partial charge in [-0.15, -0.1) is 21.5 Å². The van der Waals surface area contributed by atoms with E-state index in [0.717, 1.165) is 34.2 Å². The van der Waals surface area contributed by atoms with Crippen LogP contribution >= 0.6 is 39.0 Å². The van der Waals surface area contributed by atoms with E-state index >= 15 is 0 Å². The molecular formula is C16H16BrN3S2. The maximum atomic E-state index is 4.40. The lowest BCUT2D eigenvalue weighted by molar-refractivity contribution is 0.627. The maximum Gasteiger partial charge on any atom is 0.191 e. The fourth-order valence-corrected chi connectivity index (χ4v) is 4.04. The number of rotatable bonds is 6. The van der Waals surface area contributed by atoms with Gasteiger partial charge in [-0.3, -0.25) is 0 Å². The second-order valence-corrected chi connectivity index (χ2v) is 7.66. The highest BCUT2D eigenvalue weighted by atomic mass is 79.9. The van der Waals surface area contributed by atoms with Crippen molar-refractivity contribution in [2.24, 2.45) is 0 Å². The molecule has 3 nitrogen and oxygen atoms in total. The third kappa shape index (κ3) is 3.62. The second kappa shape index (κ2) is 7.44. The van der Waals surface area contributed by atoms with E-state index in [0.29, 0.717) is 0 Å². The smallest absolute Gasteiger partial charge is 0.191 e. The van der Waals surface area contributed by atoms with Gasteiger partial charge in [-0.25, -0.2) is 0 Å². The molecule has 0 atom stereocenters. The highest BCUT2D eigenvalue weighted by molar-refractivity contribution is 9.10. The Labute approximate surface area is 146 Å². The Balaban J connectivity index is 1.79. The number of halogens is 1. The zero-order valence-corrected chi connectivity index (χ0v) is 15.4. The quantitative estimate of drug-likeness (QED) is 0.520. The molecule has 0 spiro atoms. The molecule has 2 heterocycles. The summed E-state index contributed by atoms with van der Waals surface area (Å²) in [6, 6.07) is 12.6. The van der Waals surface area contributed by atoms with E-state index in [1.807, 2.05) is 0 Å². The monoisotopic (exact) mass is 393 g/mol. The predicted octanol–water partition coefficient (Wildman–Crippen LogP) is 5.47. The van der Waals surface area contributed by atoms with Gasteiger partial charge in [0.1, 0.15) is 0 Å². The molecule has 0 bridgehead atoms. The van der Waals surface area contributed by atoms with E-state index in [-0.39, 0.29) is 0 Å². The van der Waals surface area contributed by atoms with Crippen molar-refractivity contribution in [1.82, 2.24) is 14.8 Å². The number of hydrogen-bond acceptors (Lipinski definition) is 4. The van der Waals surface area contributed by atoms with Crippen LogP contribution < -0.4 is 0 Å². The van der Waals surface area contributed by atoms with Crippen molar-refractivity contribution >= 4 is 39.0 Å². The predicted molar refractivity (Wildman–Crippen MR) is 97.3 cm³/mol. The van der Waals surface area contributed by atoms with Crippen LogP contribution in [0.5, 0.6) is 0 Å². The number of aromatic nitrogens is 3. The highest BCUT2D eigenvalue weighted by Gasteiger charge is 2.14. The van der Waals surface area contributed by atoms with E-state index in [2.05, 4.69) is 79.4 Å². The van der Waals surface area contributed by atoms with Crippen molar-refractivity contribution < 1.29 is 0 Å². The Hall–Kier alpha value is -1.11. The van der Waals surface area contributed by atoms with Gasteiger partial charge >= 0.3 is 0 Å². The molecule has 0 N–H and O–H groups in total. The minimum Gasteiger partial charge on any atom is -0.301 e. The Morgan fingerprint density at radius 2 is 2.00 bits per heavy atom. The van der Waals surface area contributed by atoms with Gasteiger partial charge in [0.15, 0.2) is 11.0 Å². The molecule has 0 saturated heterocycles. The van der Waals surface area contributed by atoms with Gasteiger partial charge in [0.25, 0.3) is 0 Å². The van der Waals surface area contributed by atoms with Gasteiger partial charge in [0.2, 0.25) is 0 Å². The third-order valence-electron chi connectivity index (χ3n) is 3.19. The highest BCUT2D eigenvalue weighted by Crippen LogP contribution is 2.29. The molecule has 1 aromatic carbocycles. The standard InChI is InChI=1S/C16H16BrN3S2/c1-2-9-20-15(14-4-3-10-21-14)18-19-16(20)22-11-12-5-7-13(17)8-6-12/h3-8,10H,2,9,11H2,1H3. The first kappa shape index (κ1) is 15.8. The Morgan fingerprint density at radius 1 is 1.18 bits per heavy atom. The number of benzene rings is 1. The summed E-state index contributed by atoms with van der Waals surface area (Å²) < 4.78 is 3.34. The van der Waals surface area contributed by atoms with E-state index < -0.39 is 0 Å². The van der Waals surface area contributed by atoms with Crippen LogP contribution in [0.25, 0.3) is 10.7 Å². The lowest BCUT2D eigenvalue weighted by atomic mass is 10.2. The van der Waals surface area contributed by atoms with Gasteiger partial charge < -0.3 is 4.57 Å². The number of thioether (sulfide) groups is 1. The molecule has 0 aliphatic carbocycles. The lowest BCUT2D eigenvalue weighted by Gasteiger charge is -2.07. The molecule has 0 fully saturated rings. The molecule has 0 aliphatic rings. The summed E-state index contributed by atoms with van der Waals surface area (Å²) >= 11 is 6.92. The van der Waals surface area contributed by atoms with Gasteiger partial charge in [-0.05, 0) is 35.6 Å². The zero-order chi connectivity index (χ0) is 15.4. The molecule has 0 unspecified atom stereocenters. The Morgan fingerprint density at radius 3 is 2.68 bits per heavy atom. The summed E-state index contributed by atoms with van der Waals surface area (Å²) in [5.74, 6) is 1.88. The van der Waals surface area contributed by atoms with E-state index in [1.54, 1.807) is 23.1 Å². The van der Waals surface area contributed by atoms with Gasteiger partial charge in [0, 0.05) is 16.8 Å². The van der Waals surface area contributed by atoms with Crippen molar-refractivity contribution in [3.05, 3.63) is 51.8 Å². The average Bonchev–Trinajstić information content (AvgIpc) is 3.17. The van der Waals surface area contributed by atoms with Gasteiger partial charge in [-0.2, -0.15) is 0 Å². The minimum atomic E-state index is 0.902. The first-order valence-corrected chi connectivity index (χ1v) is 9.78. The molecule has 3 rings (SSSR count). The SMILES string of the molecule is CCCn1c(SCc2ccc(Br)cc2)nnc1-c1cccs1. The van der Waals surface area contributed by atoms with Crippen molar-refractivity contribution in [3.63, 3.8) is 0 Å². The molecule has 6 heteroatoms. The summed E-state index contributed by atoms with van der Waals surface area (Å²) in [6.45, 7) is 3.13. The Bertz CT molecular complexity index is 720. The average molecular weight is 394 g/mol. The van der Waals surface area contributed by atoms with Crippen LogP contribution in [0.4, 0.5) is 0 Å². The molecule has 114 valence electrons. The number of hydrogen-bond donors (Lipinski definition) is 0. The van der Waals surface area contributed by atoms with Crippen LogP contribution in [0.1, 0.15) is 18.9 Å². The lowest BCUT2D eigenvalue weighted by Crippen LogP contribution is -2.01. The van der Waals surface area contributed by atoms with Crippen molar-refractivity contribution in [1.29, 1.82) is 0 Å². The summed E-state index contributed by atoms with van der Waals surface area (Å²) in [4.78, 5) is 1.18. The van der Waals surface area contributed by atoms with Crippen LogP contribution in [-0.4, -0.2) is 14.8 Å². The van der Waals surface area contributed by atoms with Crippen molar-refractivity contribution in [3.8, 4) is 10.7 Å².